The van der Waals surface area contributed by atoms with Crippen molar-refractivity contribution in [3.8, 4) is 0 Å². The number of unbranched alkanes of at least 4 members (excludes halogenated alkanes) is 1. The summed E-state index contributed by atoms with van der Waals surface area (Å²) in [5, 5.41) is 18.5. The summed E-state index contributed by atoms with van der Waals surface area (Å²) in [6, 6.07) is 9.25. The van der Waals surface area contributed by atoms with Crippen LogP contribution >= 0.6 is 0 Å². The number of nitrogens with zero attached hydrogens (tertiary/aromatic N) is 2. The van der Waals surface area contributed by atoms with Gasteiger partial charge in [-0.05, 0) is 63.4 Å². The lowest BCUT2D eigenvalue weighted by molar-refractivity contribution is -0.157. The fourth-order valence-electron chi connectivity index (χ4n) is 8.67. The van der Waals surface area contributed by atoms with E-state index in [9.17, 15) is 19.5 Å². The number of rotatable bonds is 23. The maximum Gasteiger partial charge on any atom is 0.252 e. The number of hydrogen-bond donors (Lipinski definition) is 3. The van der Waals surface area contributed by atoms with Crippen LogP contribution in [0.4, 0.5) is 0 Å². The SMILES string of the molecule is CCCC[C@H](O[C@@H](Cc1ccccc1)C(=O)N1CCC(OCOC)CC1)C(=O)N[C@@H](CC1CCCCC1)[C@@H](O)C[C@H](C(=O)NCC(C)(C)N1CCOCC1)C(C)C. The Balaban J connectivity index is 1.49. The topological polar surface area (TPSA) is 139 Å². The maximum atomic E-state index is 14.5. The predicted octanol–water partition coefficient (Wildman–Crippen LogP) is 5.49. The Morgan fingerprint density at radius 2 is 1.63 bits per heavy atom. The Morgan fingerprint density at radius 3 is 2.26 bits per heavy atom. The highest BCUT2D eigenvalue weighted by molar-refractivity contribution is 5.84. The summed E-state index contributed by atoms with van der Waals surface area (Å²) in [6.07, 6.45) is 7.64. The summed E-state index contributed by atoms with van der Waals surface area (Å²) >= 11 is 0. The molecule has 1 aliphatic carbocycles. The molecule has 2 heterocycles. The molecule has 2 saturated heterocycles. The zero-order chi connectivity index (χ0) is 41.2. The van der Waals surface area contributed by atoms with Gasteiger partial charge in [0.1, 0.15) is 19.0 Å². The van der Waals surface area contributed by atoms with E-state index in [4.69, 9.17) is 18.9 Å². The summed E-state index contributed by atoms with van der Waals surface area (Å²) < 4.78 is 23.1. The lowest BCUT2D eigenvalue weighted by Gasteiger charge is -2.41. The fourth-order valence-corrected chi connectivity index (χ4v) is 8.67. The number of nitrogens with one attached hydrogen (secondary N) is 2. The van der Waals surface area contributed by atoms with E-state index in [0.29, 0.717) is 70.9 Å². The van der Waals surface area contributed by atoms with Crippen molar-refractivity contribution in [2.24, 2.45) is 17.8 Å². The number of hydrogen-bond acceptors (Lipinski definition) is 9. The van der Waals surface area contributed by atoms with Crippen LogP contribution in [0.15, 0.2) is 30.3 Å². The van der Waals surface area contributed by atoms with Gasteiger partial charge in [-0.15, -0.1) is 0 Å². The monoisotopic (exact) mass is 801 g/mol. The Hall–Kier alpha value is -2.61. The van der Waals surface area contributed by atoms with Crippen molar-refractivity contribution >= 4 is 17.7 Å². The van der Waals surface area contributed by atoms with Crippen molar-refractivity contribution in [2.45, 2.75) is 154 Å². The Labute approximate surface area is 343 Å². The van der Waals surface area contributed by atoms with Gasteiger partial charge in [-0.2, -0.15) is 0 Å². The molecule has 1 aromatic rings. The highest BCUT2D eigenvalue weighted by Crippen LogP contribution is 2.30. The van der Waals surface area contributed by atoms with Gasteiger partial charge in [-0.25, -0.2) is 0 Å². The van der Waals surface area contributed by atoms with Gasteiger partial charge >= 0.3 is 0 Å². The van der Waals surface area contributed by atoms with E-state index in [2.05, 4.69) is 36.3 Å². The summed E-state index contributed by atoms with van der Waals surface area (Å²) in [5.41, 5.74) is 0.722. The van der Waals surface area contributed by atoms with Gasteiger partial charge in [0.25, 0.3) is 5.91 Å². The number of aliphatic hydroxyl groups is 1. The van der Waals surface area contributed by atoms with Crippen molar-refractivity contribution < 1.29 is 38.4 Å². The van der Waals surface area contributed by atoms with Crippen molar-refractivity contribution in [3.05, 3.63) is 35.9 Å². The van der Waals surface area contributed by atoms with Crippen LogP contribution in [-0.4, -0.2) is 128 Å². The van der Waals surface area contributed by atoms with Crippen LogP contribution in [-0.2, 0) is 39.8 Å². The third-order valence-corrected chi connectivity index (χ3v) is 12.5. The van der Waals surface area contributed by atoms with Crippen LogP contribution in [0.2, 0.25) is 0 Å². The molecule has 0 unspecified atom stereocenters. The molecule has 12 nitrogen and oxygen atoms in total. The number of aliphatic hydroxyl groups excluding tert-OH is 1. The molecule has 4 rings (SSSR count). The first-order valence-electron chi connectivity index (χ1n) is 22.1. The van der Waals surface area contributed by atoms with Crippen molar-refractivity contribution in [3.63, 3.8) is 0 Å². The van der Waals surface area contributed by atoms with Crippen LogP contribution in [0, 0.1) is 17.8 Å². The molecule has 3 aliphatic rings. The number of amides is 3. The molecule has 3 fully saturated rings. The van der Waals surface area contributed by atoms with E-state index in [-0.39, 0.29) is 48.5 Å². The third-order valence-electron chi connectivity index (χ3n) is 12.5. The maximum absolute atomic E-state index is 14.5. The molecule has 2 aliphatic heterocycles. The van der Waals surface area contributed by atoms with Crippen molar-refractivity contribution in [1.82, 2.24) is 20.4 Å². The second-order valence-corrected chi connectivity index (χ2v) is 17.7. The molecule has 324 valence electrons. The van der Waals surface area contributed by atoms with E-state index in [1.807, 2.05) is 49.1 Å². The normalized spacial score (nSPS) is 20.5. The van der Waals surface area contributed by atoms with E-state index in [1.54, 1.807) is 7.11 Å². The van der Waals surface area contributed by atoms with Gasteiger partial charge in [0.05, 0.1) is 31.5 Å². The lowest BCUT2D eigenvalue weighted by atomic mass is 9.81. The average Bonchev–Trinajstić information content (AvgIpc) is 3.22. The summed E-state index contributed by atoms with van der Waals surface area (Å²) in [7, 11) is 1.60. The van der Waals surface area contributed by atoms with Crippen LogP contribution in [0.5, 0.6) is 0 Å². The lowest BCUT2D eigenvalue weighted by Crippen LogP contribution is -2.56. The molecular formula is C45H76N4O8. The number of carbonyl (C=O) groups is 3. The smallest absolute Gasteiger partial charge is 0.252 e. The summed E-state index contributed by atoms with van der Waals surface area (Å²) in [4.78, 5) is 46.7. The van der Waals surface area contributed by atoms with Gasteiger partial charge in [0.15, 0.2) is 0 Å². The van der Waals surface area contributed by atoms with Gasteiger partial charge in [-0.3, -0.25) is 19.3 Å². The molecular weight excluding hydrogens is 725 g/mol. The third kappa shape index (κ3) is 15.5. The highest BCUT2D eigenvalue weighted by Gasteiger charge is 2.37. The fraction of sp³-hybridized carbons (Fsp3) is 0.800. The first kappa shape index (κ1) is 47.1. The number of benzene rings is 1. The minimum atomic E-state index is -0.934. The van der Waals surface area contributed by atoms with Crippen molar-refractivity contribution in [1.29, 1.82) is 0 Å². The molecule has 0 bridgehead atoms. The van der Waals surface area contributed by atoms with Gasteiger partial charge in [-0.1, -0.05) is 96.0 Å². The molecule has 57 heavy (non-hydrogen) atoms. The quantitative estimate of drug-likeness (QED) is 0.123. The Morgan fingerprint density at radius 1 is 0.947 bits per heavy atom. The first-order chi connectivity index (χ1) is 27.4. The number of morpholine rings is 1. The molecule has 1 saturated carbocycles. The second kappa shape index (κ2) is 24.5. The molecule has 0 aromatic heterocycles. The van der Waals surface area contributed by atoms with E-state index in [1.165, 1.54) is 6.42 Å². The van der Waals surface area contributed by atoms with Gasteiger partial charge in [0, 0.05) is 57.7 Å². The van der Waals surface area contributed by atoms with Crippen LogP contribution in [0.1, 0.15) is 117 Å². The minimum Gasteiger partial charge on any atom is -0.391 e. The predicted molar refractivity (Wildman–Crippen MR) is 222 cm³/mol. The second-order valence-electron chi connectivity index (χ2n) is 17.7. The van der Waals surface area contributed by atoms with Gasteiger partial charge in [0.2, 0.25) is 11.8 Å². The molecule has 0 spiro atoms. The van der Waals surface area contributed by atoms with Crippen LogP contribution < -0.4 is 10.6 Å². The number of likely N-dealkylation sites (tertiary alicyclic amines) is 1. The Kier molecular flexibility index (Phi) is 20.2. The number of methoxy groups -OCH3 is 1. The highest BCUT2D eigenvalue weighted by atomic mass is 16.7. The van der Waals surface area contributed by atoms with Crippen LogP contribution in [0.3, 0.4) is 0 Å². The molecule has 5 atom stereocenters. The summed E-state index contributed by atoms with van der Waals surface area (Å²) in [5.74, 6) is -0.584. The van der Waals surface area contributed by atoms with E-state index >= 15 is 0 Å². The number of carbonyl (C=O) groups excluding carboxylic acids is 3. The minimum absolute atomic E-state index is 0.0146. The first-order valence-corrected chi connectivity index (χ1v) is 22.1. The molecule has 3 amide bonds. The number of ether oxygens (including phenoxy) is 4. The molecule has 12 heteroatoms. The van der Waals surface area contributed by atoms with Crippen molar-refractivity contribution in [2.75, 3.05) is 59.8 Å². The molecule has 3 N–H and O–H groups in total. The van der Waals surface area contributed by atoms with Gasteiger partial charge < -0.3 is 39.6 Å². The molecule has 0 radical (unpaired) electrons. The van der Waals surface area contributed by atoms with E-state index < -0.39 is 30.3 Å². The zero-order valence-electron chi connectivity index (χ0n) is 36.1. The van der Waals surface area contributed by atoms with Crippen LogP contribution in [0.25, 0.3) is 0 Å². The summed E-state index contributed by atoms with van der Waals surface area (Å²) in [6.45, 7) is 15.2. The molecule has 1 aromatic carbocycles. The Bertz CT molecular complexity index is 1310. The standard InChI is InChI=1S/C45H76N4O8/c1-7-8-19-40(57-41(29-35-17-13-10-14-18-35)44(53)48-22-20-36(21-23-48)56-32-54-6)43(52)47-38(28-34-15-11-9-12-16-34)39(50)30-37(33(2)3)42(51)46-31-45(4,5)49-24-26-55-27-25-49/h10,13-14,17-18,33-34,36-41,50H,7-9,11-12,15-16,19-32H2,1-6H3,(H,46,51)(H,47,52)/t37-,38-,39-,40-,41-/m0/s1. The zero-order valence-corrected chi connectivity index (χ0v) is 36.1. The number of piperidine rings is 1. The van der Waals surface area contributed by atoms with E-state index in [0.717, 1.165) is 57.2 Å². The average molecular weight is 801 g/mol. The largest absolute Gasteiger partial charge is 0.391 e.